The molecule has 120 valence electrons. The summed E-state index contributed by atoms with van der Waals surface area (Å²) in [6.07, 6.45) is 5.36. The lowest BCUT2D eigenvalue weighted by molar-refractivity contribution is 0.697. The zero-order chi connectivity index (χ0) is 16.9. The molecule has 0 heterocycles. The predicted octanol–water partition coefficient (Wildman–Crippen LogP) is 6.57. The first kappa shape index (κ1) is 17.3. The molecule has 1 saturated carbocycles. The maximum atomic E-state index is 3.93. The van der Waals surface area contributed by atoms with Crippen molar-refractivity contribution < 1.29 is 0 Å². The molecule has 0 saturated heterocycles. The van der Waals surface area contributed by atoms with E-state index in [9.17, 15) is 0 Å². The van der Waals surface area contributed by atoms with Crippen LogP contribution in [0.15, 0.2) is 73.3 Å². The van der Waals surface area contributed by atoms with E-state index in [4.69, 9.17) is 0 Å². The summed E-state index contributed by atoms with van der Waals surface area (Å²) in [5.41, 5.74) is 5.74. The van der Waals surface area contributed by atoms with Crippen LogP contribution in [0.2, 0.25) is 0 Å². The largest absolute Gasteiger partial charge is 0.0912 e. The van der Waals surface area contributed by atoms with Crippen molar-refractivity contribution in [2.24, 2.45) is 5.92 Å². The fourth-order valence-electron chi connectivity index (χ4n) is 3.12. The fourth-order valence-corrected chi connectivity index (χ4v) is 3.12. The molecule has 0 aromatic heterocycles. The lowest BCUT2D eigenvalue weighted by Crippen LogP contribution is -2.04. The number of rotatable bonds is 3. The van der Waals surface area contributed by atoms with Crippen molar-refractivity contribution in [1.29, 1.82) is 0 Å². The van der Waals surface area contributed by atoms with E-state index in [1.807, 2.05) is 37.3 Å². The van der Waals surface area contributed by atoms with Crippen LogP contribution in [0.25, 0.3) is 5.57 Å². The average molecular weight is 304 g/mol. The first-order valence-electron chi connectivity index (χ1n) is 8.42. The summed E-state index contributed by atoms with van der Waals surface area (Å²) in [5.74, 6) is 0.874. The molecule has 0 aliphatic heterocycles. The Balaban J connectivity index is 0.000000168. The van der Waals surface area contributed by atoms with Gasteiger partial charge in [-0.3, -0.25) is 0 Å². The molecule has 1 aliphatic carbocycles. The van der Waals surface area contributed by atoms with Crippen molar-refractivity contribution in [2.45, 2.75) is 39.5 Å². The second kappa shape index (κ2) is 7.46. The van der Waals surface area contributed by atoms with Crippen molar-refractivity contribution in [2.75, 3.05) is 0 Å². The molecule has 3 rings (SSSR count). The SMILES string of the molecule is C=C(/C=C\C)c1ccccc1.Cc1ccccc1C1(C)CC1C. The van der Waals surface area contributed by atoms with Gasteiger partial charge in [-0.1, -0.05) is 87.2 Å². The fraction of sp³-hybridized carbons (Fsp3) is 0.304. The minimum atomic E-state index is 0.491. The Hall–Kier alpha value is -2.08. The highest BCUT2D eigenvalue weighted by molar-refractivity contribution is 5.71. The van der Waals surface area contributed by atoms with Gasteiger partial charge in [0.05, 0.1) is 0 Å². The zero-order valence-electron chi connectivity index (χ0n) is 14.8. The van der Waals surface area contributed by atoms with Gasteiger partial charge in [0.25, 0.3) is 0 Å². The summed E-state index contributed by atoms with van der Waals surface area (Å²) in [7, 11) is 0. The van der Waals surface area contributed by atoms with Crippen LogP contribution >= 0.6 is 0 Å². The van der Waals surface area contributed by atoms with Gasteiger partial charge in [0.1, 0.15) is 0 Å². The highest BCUT2D eigenvalue weighted by Gasteiger charge is 2.48. The number of hydrogen-bond acceptors (Lipinski definition) is 0. The van der Waals surface area contributed by atoms with Gasteiger partial charge >= 0.3 is 0 Å². The van der Waals surface area contributed by atoms with Gasteiger partial charge in [-0.05, 0) is 53.9 Å². The molecule has 2 aromatic rings. The predicted molar refractivity (Wildman–Crippen MR) is 103 cm³/mol. The monoisotopic (exact) mass is 304 g/mol. The van der Waals surface area contributed by atoms with E-state index in [0.717, 1.165) is 11.5 Å². The van der Waals surface area contributed by atoms with Gasteiger partial charge in [-0.15, -0.1) is 0 Å². The average Bonchev–Trinajstić information content (AvgIpc) is 3.17. The third-order valence-corrected chi connectivity index (χ3v) is 4.93. The third kappa shape index (κ3) is 4.22. The molecule has 2 aromatic carbocycles. The first-order chi connectivity index (χ1) is 11.0. The van der Waals surface area contributed by atoms with Crippen LogP contribution in [0.3, 0.4) is 0 Å². The van der Waals surface area contributed by atoms with Crippen LogP contribution < -0.4 is 0 Å². The highest BCUT2D eigenvalue weighted by atomic mass is 14.5. The number of aryl methyl sites for hydroxylation is 1. The van der Waals surface area contributed by atoms with E-state index < -0.39 is 0 Å². The molecule has 1 fully saturated rings. The molecule has 2 atom stereocenters. The third-order valence-electron chi connectivity index (χ3n) is 4.93. The first-order valence-corrected chi connectivity index (χ1v) is 8.42. The molecular formula is C23H28. The molecule has 0 spiro atoms. The van der Waals surface area contributed by atoms with Gasteiger partial charge in [0.15, 0.2) is 0 Å². The second-order valence-corrected chi connectivity index (χ2v) is 6.73. The van der Waals surface area contributed by atoms with E-state index in [0.29, 0.717) is 5.41 Å². The molecule has 23 heavy (non-hydrogen) atoms. The normalized spacial score (nSPS) is 22.3. The van der Waals surface area contributed by atoms with Crippen LogP contribution in [-0.2, 0) is 5.41 Å². The second-order valence-electron chi connectivity index (χ2n) is 6.73. The van der Waals surface area contributed by atoms with Crippen molar-refractivity contribution in [3.8, 4) is 0 Å². The lowest BCUT2D eigenvalue weighted by Gasteiger charge is -2.13. The van der Waals surface area contributed by atoms with E-state index >= 15 is 0 Å². The van der Waals surface area contributed by atoms with Crippen LogP contribution in [0.1, 0.15) is 43.9 Å². The Bertz CT molecular complexity index is 678. The van der Waals surface area contributed by atoms with Crippen molar-refractivity contribution in [3.63, 3.8) is 0 Å². The summed E-state index contributed by atoms with van der Waals surface area (Å²) in [6.45, 7) is 12.9. The molecule has 0 nitrogen and oxygen atoms in total. The standard InChI is InChI=1S/C12H16.C11H12/c1-9-6-4-5-7-11(9)12(3)8-10(12)2;1-3-7-10(2)11-8-5-4-6-9-11/h4-7,10H,8H2,1-3H3;3-9H,2H2,1H3/b;7-3-. The van der Waals surface area contributed by atoms with Crippen molar-refractivity contribution in [1.82, 2.24) is 0 Å². The number of hydrogen-bond donors (Lipinski definition) is 0. The van der Waals surface area contributed by atoms with Crippen LogP contribution in [-0.4, -0.2) is 0 Å². The maximum absolute atomic E-state index is 3.93. The van der Waals surface area contributed by atoms with E-state index in [2.05, 4.69) is 63.7 Å². The molecule has 0 radical (unpaired) electrons. The Labute approximate surface area is 141 Å². The minimum Gasteiger partial charge on any atom is -0.0912 e. The van der Waals surface area contributed by atoms with Gasteiger partial charge in [0, 0.05) is 0 Å². The molecule has 1 aliphatic rings. The Morgan fingerprint density at radius 2 is 1.65 bits per heavy atom. The van der Waals surface area contributed by atoms with Crippen LogP contribution in [0.4, 0.5) is 0 Å². The van der Waals surface area contributed by atoms with Gasteiger partial charge in [-0.25, -0.2) is 0 Å². The quantitative estimate of drug-likeness (QED) is 0.563. The summed E-state index contributed by atoms with van der Waals surface area (Å²) < 4.78 is 0. The molecule has 0 bridgehead atoms. The Morgan fingerprint density at radius 1 is 1.09 bits per heavy atom. The van der Waals surface area contributed by atoms with E-state index in [1.54, 1.807) is 5.56 Å². The number of benzene rings is 2. The van der Waals surface area contributed by atoms with E-state index in [-0.39, 0.29) is 0 Å². The smallest absolute Gasteiger partial charge is 0.00439 e. The Morgan fingerprint density at radius 3 is 2.17 bits per heavy atom. The molecule has 0 amide bonds. The van der Waals surface area contributed by atoms with Crippen molar-refractivity contribution in [3.05, 3.63) is 90.0 Å². The maximum Gasteiger partial charge on any atom is -0.00439 e. The molecule has 0 N–H and O–H groups in total. The topological polar surface area (TPSA) is 0 Å². The van der Waals surface area contributed by atoms with E-state index in [1.165, 1.54) is 17.5 Å². The van der Waals surface area contributed by atoms with Crippen LogP contribution in [0.5, 0.6) is 0 Å². The molecule has 0 heteroatoms. The summed E-state index contributed by atoms with van der Waals surface area (Å²) in [6, 6.07) is 18.9. The molecule has 2 unspecified atom stereocenters. The number of allylic oxidation sites excluding steroid dienone is 3. The Kier molecular flexibility index (Phi) is 5.60. The van der Waals surface area contributed by atoms with Gasteiger partial charge < -0.3 is 0 Å². The summed E-state index contributed by atoms with van der Waals surface area (Å²) in [4.78, 5) is 0. The molecular weight excluding hydrogens is 276 g/mol. The van der Waals surface area contributed by atoms with Gasteiger partial charge in [0.2, 0.25) is 0 Å². The zero-order valence-corrected chi connectivity index (χ0v) is 14.8. The summed E-state index contributed by atoms with van der Waals surface area (Å²) in [5, 5.41) is 0. The minimum absolute atomic E-state index is 0.491. The van der Waals surface area contributed by atoms with Gasteiger partial charge in [-0.2, -0.15) is 0 Å². The highest BCUT2D eigenvalue weighted by Crippen LogP contribution is 2.54. The van der Waals surface area contributed by atoms with Crippen LogP contribution in [0, 0.1) is 12.8 Å². The summed E-state index contributed by atoms with van der Waals surface area (Å²) >= 11 is 0. The lowest BCUT2D eigenvalue weighted by atomic mass is 9.92. The van der Waals surface area contributed by atoms with Crippen molar-refractivity contribution >= 4 is 5.57 Å².